The van der Waals surface area contributed by atoms with Crippen LogP contribution in [0.5, 0.6) is 0 Å². The lowest BCUT2D eigenvalue weighted by atomic mass is 10.1. The quantitative estimate of drug-likeness (QED) is 0.404. The molecule has 0 aliphatic carbocycles. The van der Waals surface area contributed by atoms with E-state index in [9.17, 15) is 0 Å². The number of anilines is 2. The zero-order chi connectivity index (χ0) is 23.3. The minimum atomic E-state index is 0.620. The molecule has 180 valence electrons. The van der Waals surface area contributed by atoms with Crippen molar-refractivity contribution < 1.29 is 0 Å². The van der Waals surface area contributed by atoms with E-state index in [1.54, 1.807) is 0 Å². The minimum Gasteiger partial charge on any atom is -0.367 e. The molecule has 0 aliphatic heterocycles. The summed E-state index contributed by atoms with van der Waals surface area (Å²) in [7, 11) is 0. The van der Waals surface area contributed by atoms with E-state index in [0.29, 0.717) is 11.6 Å². The van der Waals surface area contributed by atoms with Crippen molar-refractivity contribution in [3.8, 4) is 0 Å². The van der Waals surface area contributed by atoms with Gasteiger partial charge >= 0.3 is 0 Å². The topological polar surface area (TPSA) is 82.1 Å². The highest BCUT2D eigenvalue weighted by atomic mass is 15.2. The Kier molecular flexibility index (Phi) is 11.6. The zero-order valence-corrected chi connectivity index (χ0v) is 21.2. The number of hydrogen-bond acceptors (Lipinski definition) is 8. The Balaban J connectivity index is 2.34. The third kappa shape index (κ3) is 7.52. The van der Waals surface area contributed by atoms with E-state index in [0.717, 1.165) is 101 Å². The summed E-state index contributed by atoms with van der Waals surface area (Å²) in [4.78, 5) is 24.3. The Morgan fingerprint density at radius 3 is 1.69 bits per heavy atom. The van der Waals surface area contributed by atoms with E-state index in [1.807, 2.05) is 0 Å². The van der Waals surface area contributed by atoms with Crippen LogP contribution in [0.2, 0.25) is 0 Å². The smallest absolute Gasteiger partial charge is 0.226 e. The van der Waals surface area contributed by atoms with Crippen molar-refractivity contribution >= 4 is 22.9 Å². The number of rotatable bonds is 16. The molecule has 0 aliphatic rings. The normalized spacial score (nSPS) is 11.6. The van der Waals surface area contributed by atoms with Gasteiger partial charge in [0.1, 0.15) is 0 Å². The first-order valence-corrected chi connectivity index (χ1v) is 12.6. The molecule has 0 saturated heterocycles. The second kappa shape index (κ2) is 14.2. The van der Waals surface area contributed by atoms with Crippen molar-refractivity contribution in [2.45, 2.75) is 67.2 Å². The number of likely N-dealkylation sites (N-methyl/N-ethyl adjacent to an activating group) is 2. The lowest BCUT2D eigenvalue weighted by Crippen LogP contribution is -2.29. The molecule has 0 atom stereocenters. The summed E-state index contributed by atoms with van der Waals surface area (Å²) in [6.45, 7) is 20.8. The van der Waals surface area contributed by atoms with Crippen LogP contribution < -0.4 is 10.6 Å². The Morgan fingerprint density at radius 1 is 0.625 bits per heavy atom. The van der Waals surface area contributed by atoms with Crippen LogP contribution in [0.25, 0.3) is 11.2 Å². The molecule has 32 heavy (non-hydrogen) atoms. The SMILES string of the molecule is CCCc1nc2nc(NCCN(CC)CC)nc(NCCN(CC)CC)c2nc1CCC. The highest BCUT2D eigenvalue weighted by Crippen LogP contribution is 2.22. The molecule has 2 N–H and O–H groups in total. The molecule has 8 nitrogen and oxygen atoms in total. The summed E-state index contributed by atoms with van der Waals surface area (Å²) in [6.07, 6.45) is 3.96. The molecule has 0 aromatic carbocycles. The highest BCUT2D eigenvalue weighted by Gasteiger charge is 2.15. The lowest BCUT2D eigenvalue weighted by Gasteiger charge is -2.20. The van der Waals surface area contributed by atoms with E-state index >= 15 is 0 Å². The monoisotopic (exact) mass is 444 g/mol. The molecule has 8 heteroatoms. The third-order valence-electron chi connectivity index (χ3n) is 5.88. The summed E-state index contributed by atoms with van der Waals surface area (Å²) in [5.74, 6) is 1.40. The molecule has 0 amide bonds. The van der Waals surface area contributed by atoms with Gasteiger partial charge in [0.2, 0.25) is 5.95 Å². The third-order valence-corrected chi connectivity index (χ3v) is 5.88. The van der Waals surface area contributed by atoms with Gasteiger partial charge in [0, 0.05) is 26.2 Å². The van der Waals surface area contributed by atoms with Crippen LogP contribution in [0, 0.1) is 0 Å². The average molecular weight is 445 g/mol. The molecule has 0 saturated carbocycles. The summed E-state index contributed by atoms with van der Waals surface area (Å²) < 4.78 is 0. The van der Waals surface area contributed by atoms with Crippen molar-refractivity contribution in [2.24, 2.45) is 0 Å². The van der Waals surface area contributed by atoms with E-state index in [1.165, 1.54) is 0 Å². The molecule has 0 fully saturated rings. The van der Waals surface area contributed by atoms with E-state index in [2.05, 4.69) is 62.0 Å². The molecule has 2 heterocycles. The maximum atomic E-state index is 5.00. The predicted molar refractivity (Wildman–Crippen MR) is 136 cm³/mol. The van der Waals surface area contributed by atoms with Gasteiger partial charge in [-0.1, -0.05) is 54.4 Å². The van der Waals surface area contributed by atoms with Gasteiger partial charge in [-0.25, -0.2) is 9.97 Å². The number of nitrogens with one attached hydrogen (secondary N) is 2. The molecule has 2 aromatic rings. The van der Waals surface area contributed by atoms with Gasteiger partial charge in [-0.15, -0.1) is 0 Å². The van der Waals surface area contributed by atoms with Crippen molar-refractivity contribution in [3.63, 3.8) is 0 Å². The number of fused-ring (bicyclic) bond motifs is 1. The van der Waals surface area contributed by atoms with Crippen LogP contribution in [0.4, 0.5) is 11.8 Å². The Labute approximate surface area is 194 Å². The van der Waals surface area contributed by atoms with Crippen molar-refractivity contribution in [2.75, 3.05) is 63.0 Å². The van der Waals surface area contributed by atoms with Crippen LogP contribution in [-0.2, 0) is 12.8 Å². The van der Waals surface area contributed by atoms with Gasteiger partial charge < -0.3 is 20.4 Å². The fraction of sp³-hybridized carbons (Fsp3) is 0.750. The zero-order valence-electron chi connectivity index (χ0n) is 21.2. The number of aryl methyl sites for hydroxylation is 2. The minimum absolute atomic E-state index is 0.620. The van der Waals surface area contributed by atoms with Crippen LogP contribution in [-0.4, -0.2) is 82.1 Å². The van der Waals surface area contributed by atoms with Crippen LogP contribution in [0.15, 0.2) is 0 Å². The van der Waals surface area contributed by atoms with Gasteiger partial charge in [0.15, 0.2) is 17.0 Å². The van der Waals surface area contributed by atoms with Gasteiger partial charge in [0.25, 0.3) is 0 Å². The summed E-state index contributed by atoms with van der Waals surface area (Å²) in [5, 5.41) is 6.93. The molecule has 2 aromatic heterocycles. The number of nitrogens with zero attached hydrogens (tertiary/aromatic N) is 6. The largest absolute Gasteiger partial charge is 0.367 e. The number of hydrogen-bond donors (Lipinski definition) is 2. The fourth-order valence-corrected chi connectivity index (χ4v) is 3.83. The second-order valence-electron chi connectivity index (χ2n) is 8.09. The number of aromatic nitrogens is 4. The van der Waals surface area contributed by atoms with Crippen LogP contribution in [0.1, 0.15) is 65.8 Å². The molecule has 0 radical (unpaired) electrons. The van der Waals surface area contributed by atoms with E-state index in [4.69, 9.17) is 19.9 Å². The Bertz CT molecular complexity index is 802. The van der Waals surface area contributed by atoms with Crippen LogP contribution >= 0.6 is 0 Å². The highest BCUT2D eigenvalue weighted by molar-refractivity contribution is 5.83. The molecule has 0 bridgehead atoms. The van der Waals surface area contributed by atoms with Gasteiger partial charge in [-0.2, -0.15) is 9.97 Å². The maximum absolute atomic E-state index is 5.00. The van der Waals surface area contributed by atoms with Gasteiger partial charge in [0.05, 0.1) is 11.4 Å². The molecule has 0 spiro atoms. The Hall–Kier alpha value is -2.06. The lowest BCUT2D eigenvalue weighted by molar-refractivity contribution is 0.315. The van der Waals surface area contributed by atoms with Crippen molar-refractivity contribution in [1.29, 1.82) is 0 Å². The first-order chi connectivity index (χ1) is 15.6. The first-order valence-electron chi connectivity index (χ1n) is 12.6. The predicted octanol–water partition coefficient (Wildman–Crippen LogP) is 3.83. The molecular weight excluding hydrogens is 400 g/mol. The van der Waals surface area contributed by atoms with Crippen molar-refractivity contribution in [1.82, 2.24) is 29.7 Å². The Morgan fingerprint density at radius 2 is 1.16 bits per heavy atom. The maximum Gasteiger partial charge on any atom is 0.226 e. The van der Waals surface area contributed by atoms with E-state index < -0.39 is 0 Å². The van der Waals surface area contributed by atoms with Crippen LogP contribution in [0.3, 0.4) is 0 Å². The van der Waals surface area contributed by atoms with Gasteiger partial charge in [-0.3, -0.25) is 0 Å². The molecule has 2 rings (SSSR count). The first kappa shape index (κ1) is 26.2. The van der Waals surface area contributed by atoms with E-state index in [-0.39, 0.29) is 0 Å². The summed E-state index contributed by atoms with van der Waals surface area (Å²) >= 11 is 0. The molecular formula is C24H44N8. The van der Waals surface area contributed by atoms with Crippen molar-refractivity contribution in [3.05, 3.63) is 11.4 Å². The fourth-order valence-electron chi connectivity index (χ4n) is 3.83. The standard InChI is InChI=1S/C24H44N8/c1-7-13-19-20(14-8-2)28-23-21(27-19)22(25-15-17-31(9-3)10-4)29-24(30-23)26-16-18-32(11-5)12-6/h7-18H2,1-6H3,(H2,25,26,28,29,30). The summed E-state index contributed by atoms with van der Waals surface area (Å²) in [6, 6.07) is 0. The molecule has 0 unspecified atom stereocenters. The second-order valence-corrected chi connectivity index (χ2v) is 8.09. The van der Waals surface area contributed by atoms with Gasteiger partial charge in [-0.05, 0) is 39.0 Å². The summed E-state index contributed by atoms with van der Waals surface area (Å²) in [5.41, 5.74) is 3.62. The average Bonchev–Trinajstić information content (AvgIpc) is 2.80.